The summed E-state index contributed by atoms with van der Waals surface area (Å²) in [6, 6.07) is 0.732. The van der Waals surface area contributed by atoms with Crippen molar-refractivity contribution in [2.75, 3.05) is 19.8 Å². The first-order chi connectivity index (χ1) is 8.42. The zero-order valence-corrected chi connectivity index (χ0v) is 11.4. The topological polar surface area (TPSA) is 21.3 Å². The van der Waals surface area contributed by atoms with Gasteiger partial charge in [0.15, 0.2) is 0 Å². The van der Waals surface area contributed by atoms with E-state index in [0.29, 0.717) is 0 Å². The number of hydrogen-bond donors (Lipinski definition) is 1. The van der Waals surface area contributed by atoms with Gasteiger partial charge in [-0.2, -0.15) is 0 Å². The minimum Gasteiger partial charge on any atom is -0.381 e. The summed E-state index contributed by atoms with van der Waals surface area (Å²) in [5.41, 5.74) is 0. The number of nitrogens with one attached hydrogen (secondary N) is 1. The maximum absolute atomic E-state index is 5.60. The first kappa shape index (κ1) is 13.4. The van der Waals surface area contributed by atoms with Gasteiger partial charge in [-0.25, -0.2) is 0 Å². The standard InChI is InChI=1S/C15H29NO/c1-2-10-16-15(14-9-11-17-12-14)13-7-5-3-4-6-8-13/h13-16H,2-12H2,1H3. The molecule has 2 heteroatoms. The van der Waals surface area contributed by atoms with Crippen molar-refractivity contribution in [3.05, 3.63) is 0 Å². The molecule has 1 aliphatic carbocycles. The molecule has 1 saturated carbocycles. The van der Waals surface area contributed by atoms with Crippen LogP contribution in [0.1, 0.15) is 58.3 Å². The van der Waals surface area contributed by atoms with Crippen LogP contribution in [-0.2, 0) is 4.74 Å². The van der Waals surface area contributed by atoms with Crippen LogP contribution in [0.2, 0.25) is 0 Å². The van der Waals surface area contributed by atoms with Gasteiger partial charge >= 0.3 is 0 Å². The second-order valence-electron chi connectivity index (χ2n) is 5.86. The summed E-state index contributed by atoms with van der Waals surface area (Å²) in [4.78, 5) is 0. The van der Waals surface area contributed by atoms with E-state index in [2.05, 4.69) is 12.2 Å². The van der Waals surface area contributed by atoms with E-state index in [1.807, 2.05) is 0 Å². The van der Waals surface area contributed by atoms with Crippen LogP contribution in [0.3, 0.4) is 0 Å². The van der Waals surface area contributed by atoms with E-state index >= 15 is 0 Å². The molecule has 1 N–H and O–H groups in total. The van der Waals surface area contributed by atoms with Gasteiger partial charge in [-0.15, -0.1) is 0 Å². The Balaban J connectivity index is 1.91. The van der Waals surface area contributed by atoms with Crippen molar-refractivity contribution in [1.82, 2.24) is 5.32 Å². The lowest BCUT2D eigenvalue weighted by atomic mass is 9.83. The first-order valence-corrected chi connectivity index (χ1v) is 7.73. The van der Waals surface area contributed by atoms with Crippen LogP contribution in [0, 0.1) is 11.8 Å². The fourth-order valence-corrected chi connectivity index (χ4v) is 3.54. The molecule has 2 fully saturated rings. The van der Waals surface area contributed by atoms with Crippen molar-refractivity contribution in [2.24, 2.45) is 11.8 Å². The van der Waals surface area contributed by atoms with Crippen LogP contribution in [0.25, 0.3) is 0 Å². The van der Waals surface area contributed by atoms with Crippen molar-refractivity contribution in [3.8, 4) is 0 Å². The molecule has 2 rings (SSSR count). The summed E-state index contributed by atoms with van der Waals surface area (Å²) in [6.07, 6.45) is 11.2. The van der Waals surface area contributed by atoms with E-state index in [0.717, 1.165) is 31.1 Å². The van der Waals surface area contributed by atoms with Gasteiger partial charge in [-0.1, -0.05) is 32.6 Å². The van der Waals surface area contributed by atoms with Crippen molar-refractivity contribution in [3.63, 3.8) is 0 Å². The Hall–Kier alpha value is -0.0800. The summed E-state index contributed by atoms with van der Waals surface area (Å²) in [6.45, 7) is 5.43. The molecule has 1 aliphatic heterocycles. The first-order valence-electron chi connectivity index (χ1n) is 7.73. The number of rotatable bonds is 5. The molecule has 0 spiro atoms. The molecule has 2 atom stereocenters. The largest absolute Gasteiger partial charge is 0.381 e. The van der Waals surface area contributed by atoms with Crippen molar-refractivity contribution in [1.29, 1.82) is 0 Å². The molecule has 0 amide bonds. The lowest BCUT2D eigenvalue weighted by Crippen LogP contribution is -2.43. The van der Waals surface area contributed by atoms with E-state index in [4.69, 9.17) is 4.74 Å². The van der Waals surface area contributed by atoms with Gasteiger partial charge < -0.3 is 10.1 Å². The SMILES string of the molecule is CCCNC(C1CCCCCC1)C1CCOC1. The van der Waals surface area contributed by atoms with Crippen molar-refractivity contribution < 1.29 is 4.74 Å². The quantitative estimate of drug-likeness (QED) is 0.743. The third kappa shape index (κ3) is 3.96. The Labute approximate surface area is 107 Å². The van der Waals surface area contributed by atoms with E-state index < -0.39 is 0 Å². The third-order valence-electron chi connectivity index (χ3n) is 4.51. The maximum atomic E-state index is 5.60. The van der Waals surface area contributed by atoms with Gasteiger partial charge in [0.25, 0.3) is 0 Å². The van der Waals surface area contributed by atoms with Crippen LogP contribution in [0.5, 0.6) is 0 Å². The molecule has 2 aliphatic rings. The average molecular weight is 239 g/mol. The van der Waals surface area contributed by atoms with E-state index in [9.17, 15) is 0 Å². The van der Waals surface area contributed by atoms with Crippen LogP contribution >= 0.6 is 0 Å². The van der Waals surface area contributed by atoms with E-state index in [1.54, 1.807) is 0 Å². The lowest BCUT2D eigenvalue weighted by molar-refractivity contribution is 0.160. The van der Waals surface area contributed by atoms with Crippen molar-refractivity contribution >= 4 is 0 Å². The molecule has 2 nitrogen and oxygen atoms in total. The molecule has 0 aromatic heterocycles. The van der Waals surface area contributed by atoms with Gasteiger partial charge in [0.2, 0.25) is 0 Å². The van der Waals surface area contributed by atoms with E-state index in [-0.39, 0.29) is 0 Å². The highest BCUT2D eigenvalue weighted by Crippen LogP contribution is 2.31. The fourth-order valence-electron chi connectivity index (χ4n) is 3.54. The summed E-state index contributed by atoms with van der Waals surface area (Å²) < 4.78 is 5.60. The molecule has 100 valence electrons. The average Bonchev–Trinajstić information content (AvgIpc) is 2.73. The molecule has 0 bridgehead atoms. The molecule has 0 radical (unpaired) electrons. The van der Waals surface area contributed by atoms with Gasteiger partial charge in [0, 0.05) is 18.6 Å². The summed E-state index contributed by atoms with van der Waals surface area (Å²) in [5, 5.41) is 3.83. The second-order valence-corrected chi connectivity index (χ2v) is 5.86. The lowest BCUT2D eigenvalue weighted by Gasteiger charge is -2.31. The molecule has 17 heavy (non-hydrogen) atoms. The Morgan fingerprint density at radius 3 is 2.41 bits per heavy atom. The monoisotopic (exact) mass is 239 g/mol. The molecular weight excluding hydrogens is 210 g/mol. The second kappa shape index (κ2) is 7.38. The Morgan fingerprint density at radius 1 is 1.06 bits per heavy atom. The van der Waals surface area contributed by atoms with Gasteiger partial charge in [0.1, 0.15) is 0 Å². The predicted molar refractivity (Wildman–Crippen MR) is 72.2 cm³/mol. The van der Waals surface area contributed by atoms with Gasteiger partial charge in [-0.05, 0) is 38.1 Å². The van der Waals surface area contributed by atoms with Crippen LogP contribution in [0.15, 0.2) is 0 Å². The normalized spacial score (nSPS) is 29.1. The fraction of sp³-hybridized carbons (Fsp3) is 1.00. The maximum Gasteiger partial charge on any atom is 0.0510 e. The van der Waals surface area contributed by atoms with Gasteiger partial charge in [0.05, 0.1) is 6.61 Å². The highest BCUT2D eigenvalue weighted by atomic mass is 16.5. The Kier molecular flexibility index (Phi) is 5.79. The van der Waals surface area contributed by atoms with Gasteiger partial charge in [-0.3, -0.25) is 0 Å². The molecule has 0 aromatic carbocycles. The molecule has 1 heterocycles. The molecule has 1 saturated heterocycles. The Bertz CT molecular complexity index is 193. The number of ether oxygens (including phenoxy) is 1. The Morgan fingerprint density at radius 2 is 1.82 bits per heavy atom. The minimum atomic E-state index is 0.732. The van der Waals surface area contributed by atoms with Crippen molar-refractivity contribution in [2.45, 2.75) is 64.3 Å². The minimum absolute atomic E-state index is 0.732. The molecule has 2 unspecified atom stereocenters. The van der Waals surface area contributed by atoms with E-state index in [1.165, 1.54) is 57.9 Å². The number of hydrogen-bond acceptors (Lipinski definition) is 2. The zero-order chi connectivity index (χ0) is 11.9. The molecular formula is C15H29NO. The predicted octanol–water partition coefficient (Wildman–Crippen LogP) is 3.36. The zero-order valence-electron chi connectivity index (χ0n) is 11.4. The van der Waals surface area contributed by atoms with Crippen LogP contribution in [0.4, 0.5) is 0 Å². The summed E-state index contributed by atoms with van der Waals surface area (Å²) in [5.74, 6) is 1.69. The van der Waals surface area contributed by atoms with Crippen LogP contribution in [-0.4, -0.2) is 25.8 Å². The summed E-state index contributed by atoms with van der Waals surface area (Å²) in [7, 11) is 0. The highest BCUT2D eigenvalue weighted by molar-refractivity contribution is 4.86. The molecule has 0 aromatic rings. The third-order valence-corrected chi connectivity index (χ3v) is 4.51. The summed E-state index contributed by atoms with van der Waals surface area (Å²) >= 11 is 0. The smallest absolute Gasteiger partial charge is 0.0510 e. The van der Waals surface area contributed by atoms with Crippen LogP contribution < -0.4 is 5.32 Å². The highest BCUT2D eigenvalue weighted by Gasteiger charge is 2.31.